The first-order valence-corrected chi connectivity index (χ1v) is 8.71. The third-order valence-electron chi connectivity index (χ3n) is 3.45. The molecule has 0 spiro atoms. The van der Waals surface area contributed by atoms with Gasteiger partial charge in [-0.2, -0.15) is 0 Å². The molecule has 138 valence electrons. The molecule has 0 bridgehead atoms. The molecule has 1 heterocycles. The van der Waals surface area contributed by atoms with Gasteiger partial charge in [-0.25, -0.2) is 4.98 Å². The summed E-state index contributed by atoms with van der Waals surface area (Å²) in [6.45, 7) is 2.88. The summed E-state index contributed by atoms with van der Waals surface area (Å²) in [5, 5.41) is 9.83. The Labute approximate surface area is 170 Å². The molecule has 0 saturated carbocycles. The van der Waals surface area contributed by atoms with E-state index in [-0.39, 0.29) is 24.0 Å². The molecule has 0 atom stereocenters. The van der Waals surface area contributed by atoms with Gasteiger partial charge in [0.15, 0.2) is 17.5 Å². The van der Waals surface area contributed by atoms with Crippen LogP contribution in [-0.4, -0.2) is 38.8 Å². The Balaban J connectivity index is 0.00000312. The van der Waals surface area contributed by atoms with E-state index >= 15 is 0 Å². The van der Waals surface area contributed by atoms with Crippen molar-refractivity contribution in [2.75, 3.05) is 33.1 Å². The van der Waals surface area contributed by atoms with E-state index in [1.165, 1.54) is 5.01 Å². The molecule has 0 aliphatic rings. The molecule has 0 radical (unpaired) electrons. The summed E-state index contributed by atoms with van der Waals surface area (Å²) in [7, 11) is 4.98. The summed E-state index contributed by atoms with van der Waals surface area (Å²) < 4.78 is 10.6. The zero-order valence-electron chi connectivity index (χ0n) is 15.0. The number of halogens is 1. The van der Waals surface area contributed by atoms with E-state index in [1.54, 1.807) is 32.6 Å². The van der Waals surface area contributed by atoms with Crippen molar-refractivity contribution in [2.24, 2.45) is 4.99 Å². The molecule has 0 aliphatic heterocycles. The molecule has 0 fully saturated rings. The molecule has 6 nitrogen and oxygen atoms in total. The number of ether oxygens (including phenoxy) is 2. The number of thiazole rings is 1. The van der Waals surface area contributed by atoms with Gasteiger partial charge < -0.3 is 20.1 Å². The molecular weight excluding hydrogens is 451 g/mol. The third kappa shape index (κ3) is 6.35. The topological polar surface area (TPSA) is 67.8 Å². The van der Waals surface area contributed by atoms with Crippen molar-refractivity contribution in [3.05, 3.63) is 34.3 Å². The van der Waals surface area contributed by atoms with Crippen LogP contribution >= 0.6 is 35.3 Å². The van der Waals surface area contributed by atoms with E-state index in [1.807, 2.05) is 18.2 Å². The van der Waals surface area contributed by atoms with Crippen LogP contribution in [0.3, 0.4) is 0 Å². The van der Waals surface area contributed by atoms with Crippen molar-refractivity contribution in [1.82, 2.24) is 10.3 Å². The lowest BCUT2D eigenvalue weighted by atomic mass is 10.2. The predicted octanol–water partition coefficient (Wildman–Crippen LogP) is 3.57. The van der Waals surface area contributed by atoms with E-state index in [0.717, 1.165) is 30.8 Å². The summed E-state index contributed by atoms with van der Waals surface area (Å²) in [5.74, 6) is 2.07. The second-order valence-electron chi connectivity index (χ2n) is 5.03. The smallest absolute Gasteiger partial charge is 0.195 e. The van der Waals surface area contributed by atoms with Gasteiger partial charge in [0.1, 0.15) is 0 Å². The van der Waals surface area contributed by atoms with Crippen molar-refractivity contribution in [3.63, 3.8) is 0 Å². The van der Waals surface area contributed by atoms with Crippen molar-refractivity contribution in [2.45, 2.75) is 19.8 Å². The number of nitrogens with zero attached hydrogens (tertiary/aromatic N) is 2. The molecular formula is C17H25IN4O2S. The van der Waals surface area contributed by atoms with E-state index in [2.05, 4.69) is 32.9 Å². The Morgan fingerprint density at radius 2 is 2.00 bits per heavy atom. The fourth-order valence-electron chi connectivity index (χ4n) is 2.16. The van der Waals surface area contributed by atoms with Gasteiger partial charge in [-0.1, -0.05) is 6.92 Å². The highest BCUT2D eigenvalue weighted by Crippen LogP contribution is 2.29. The third-order valence-corrected chi connectivity index (χ3v) is 4.49. The standard InChI is InChI=1S/C17H24N4O2S.HI/c1-5-16-20-13(11-24-16)8-9-19-17(18-2)21-12-6-7-14(22-3)15(10-12)23-4;/h6-7,10-11H,5,8-9H2,1-4H3,(H2,18,19,21);1H. The molecule has 1 aromatic carbocycles. The Bertz CT molecular complexity index is 691. The van der Waals surface area contributed by atoms with E-state index in [0.29, 0.717) is 17.5 Å². The summed E-state index contributed by atoms with van der Waals surface area (Å²) in [6, 6.07) is 5.65. The maximum Gasteiger partial charge on any atom is 0.195 e. The highest BCUT2D eigenvalue weighted by Gasteiger charge is 2.06. The minimum atomic E-state index is 0. The molecule has 1 aromatic heterocycles. The number of methoxy groups -OCH3 is 2. The number of nitrogens with one attached hydrogen (secondary N) is 2. The number of hydrogen-bond donors (Lipinski definition) is 2. The van der Waals surface area contributed by atoms with E-state index in [4.69, 9.17) is 9.47 Å². The number of anilines is 1. The maximum atomic E-state index is 5.31. The lowest BCUT2D eigenvalue weighted by molar-refractivity contribution is 0.355. The number of guanidine groups is 1. The first-order valence-electron chi connectivity index (χ1n) is 7.83. The molecule has 25 heavy (non-hydrogen) atoms. The summed E-state index contributed by atoms with van der Waals surface area (Å²) in [6.07, 6.45) is 1.85. The minimum Gasteiger partial charge on any atom is -0.493 e. The van der Waals surface area contributed by atoms with Crippen LogP contribution in [0.15, 0.2) is 28.6 Å². The average molecular weight is 476 g/mol. The molecule has 0 unspecified atom stereocenters. The van der Waals surface area contributed by atoms with Crippen LogP contribution in [0.4, 0.5) is 5.69 Å². The van der Waals surface area contributed by atoms with Crippen molar-refractivity contribution < 1.29 is 9.47 Å². The number of hydrogen-bond acceptors (Lipinski definition) is 5. The lowest BCUT2D eigenvalue weighted by Crippen LogP contribution is -2.32. The Morgan fingerprint density at radius 1 is 1.24 bits per heavy atom. The second kappa shape index (κ2) is 11.1. The van der Waals surface area contributed by atoms with Crippen molar-refractivity contribution in [1.29, 1.82) is 0 Å². The Hall–Kier alpha value is -1.55. The number of benzene rings is 1. The number of aromatic nitrogens is 1. The van der Waals surface area contributed by atoms with Crippen molar-refractivity contribution in [3.8, 4) is 11.5 Å². The molecule has 2 rings (SSSR count). The Kier molecular flexibility index (Phi) is 9.58. The van der Waals surface area contributed by atoms with E-state index < -0.39 is 0 Å². The van der Waals surface area contributed by atoms with Gasteiger partial charge in [-0.15, -0.1) is 35.3 Å². The summed E-state index contributed by atoms with van der Waals surface area (Å²) >= 11 is 1.71. The Morgan fingerprint density at radius 3 is 2.60 bits per heavy atom. The summed E-state index contributed by atoms with van der Waals surface area (Å²) in [4.78, 5) is 8.80. The van der Waals surface area contributed by atoms with Crippen LogP contribution in [0, 0.1) is 0 Å². The molecule has 2 N–H and O–H groups in total. The average Bonchev–Trinajstić information content (AvgIpc) is 3.08. The fraction of sp³-hybridized carbons (Fsp3) is 0.412. The molecule has 8 heteroatoms. The SMILES string of the molecule is CCc1nc(CCNC(=NC)Nc2ccc(OC)c(OC)c2)cs1.I. The monoisotopic (exact) mass is 476 g/mol. The maximum absolute atomic E-state index is 5.31. The number of aryl methyl sites for hydroxylation is 1. The van der Waals surface area contributed by atoms with Crippen LogP contribution < -0.4 is 20.1 Å². The zero-order valence-corrected chi connectivity index (χ0v) is 18.1. The molecule has 0 saturated heterocycles. The van der Waals surface area contributed by atoms with Gasteiger partial charge in [0.25, 0.3) is 0 Å². The molecule has 2 aromatic rings. The highest BCUT2D eigenvalue weighted by molar-refractivity contribution is 14.0. The van der Waals surface area contributed by atoms with Crippen LogP contribution in [0.25, 0.3) is 0 Å². The van der Waals surface area contributed by atoms with Gasteiger partial charge >= 0.3 is 0 Å². The largest absolute Gasteiger partial charge is 0.493 e. The van der Waals surface area contributed by atoms with Gasteiger partial charge in [-0.05, 0) is 18.6 Å². The normalized spacial score (nSPS) is 10.8. The van der Waals surface area contributed by atoms with Crippen LogP contribution in [0.1, 0.15) is 17.6 Å². The van der Waals surface area contributed by atoms with Crippen molar-refractivity contribution >= 4 is 47.0 Å². The lowest BCUT2D eigenvalue weighted by Gasteiger charge is -2.13. The quantitative estimate of drug-likeness (QED) is 0.364. The summed E-state index contributed by atoms with van der Waals surface area (Å²) in [5.41, 5.74) is 1.99. The van der Waals surface area contributed by atoms with Crippen LogP contribution in [0.2, 0.25) is 0 Å². The molecule has 0 aliphatic carbocycles. The first kappa shape index (κ1) is 21.5. The number of rotatable bonds is 7. The van der Waals surface area contributed by atoms with Gasteiger partial charge in [0.05, 0.1) is 24.9 Å². The van der Waals surface area contributed by atoms with Crippen LogP contribution in [0.5, 0.6) is 11.5 Å². The van der Waals surface area contributed by atoms with Gasteiger partial charge in [0, 0.05) is 37.1 Å². The zero-order chi connectivity index (χ0) is 17.4. The first-order chi connectivity index (χ1) is 11.7. The minimum absolute atomic E-state index is 0. The van der Waals surface area contributed by atoms with Gasteiger partial charge in [-0.3, -0.25) is 4.99 Å². The van der Waals surface area contributed by atoms with E-state index in [9.17, 15) is 0 Å². The highest BCUT2D eigenvalue weighted by atomic mass is 127. The second-order valence-corrected chi connectivity index (χ2v) is 5.97. The van der Waals surface area contributed by atoms with Crippen LogP contribution in [-0.2, 0) is 12.8 Å². The predicted molar refractivity (Wildman–Crippen MR) is 115 cm³/mol. The van der Waals surface area contributed by atoms with Gasteiger partial charge in [0.2, 0.25) is 0 Å². The number of aliphatic imine (C=N–C) groups is 1. The molecule has 0 amide bonds. The fourth-order valence-corrected chi connectivity index (χ4v) is 2.94.